The lowest BCUT2D eigenvalue weighted by Gasteiger charge is -2.09. The number of hydrogen-bond acceptors (Lipinski definition) is 3. The first-order valence-corrected chi connectivity index (χ1v) is 8.12. The third kappa shape index (κ3) is 4.10. The third-order valence-electron chi connectivity index (χ3n) is 2.65. The van der Waals surface area contributed by atoms with E-state index in [1.807, 2.05) is 40.0 Å². The van der Waals surface area contributed by atoms with Crippen molar-refractivity contribution in [1.82, 2.24) is 5.32 Å². The maximum Gasteiger partial charge on any atom is 0.179 e. The van der Waals surface area contributed by atoms with E-state index in [-0.39, 0.29) is 11.7 Å². The molecule has 104 valence electrons. The van der Waals surface area contributed by atoms with E-state index in [4.69, 9.17) is 0 Å². The first-order valence-electron chi connectivity index (χ1n) is 6.47. The van der Waals surface area contributed by atoms with E-state index in [0.717, 1.165) is 12.0 Å². The van der Waals surface area contributed by atoms with E-state index < -0.39 is 9.84 Å². The Morgan fingerprint density at radius 3 is 2.50 bits per heavy atom. The molecule has 1 aliphatic heterocycles. The summed E-state index contributed by atoms with van der Waals surface area (Å²) in [5.41, 5.74) is 0.895. The third-order valence-corrected chi connectivity index (χ3v) is 4.56. The smallest absolute Gasteiger partial charge is 0.179 e. The van der Waals surface area contributed by atoms with Gasteiger partial charge in [-0.05, 0) is 19.0 Å². The molecule has 0 saturated carbocycles. The second-order valence-electron chi connectivity index (χ2n) is 3.87. The fourth-order valence-corrected chi connectivity index (χ4v) is 3.80. The summed E-state index contributed by atoms with van der Waals surface area (Å²) in [6.45, 7) is 10.3. The van der Waals surface area contributed by atoms with Gasteiger partial charge in [-0.1, -0.05) is 45.6 Å². The average Bonchev–Trinajstić information content (AvgIpc) is 2.59. The van der Waals surface area contributed by atoms with Gasteiger partial charge in [-0.2, -0.15) is 0 Å². The van der Waals surface area contributed by atoms with Crippen molar-refractivity contribution >= 4 is 9.84 Å². The van der Waals surface area contributed by atoms with E-state index in [9.17, 15) is 8.42 Å². The summed E-state index contributed by atoms with van der Waals surface area (Å²) in [4.78, 5) is 0.400. The van der Waals surface area contributed by atoms with Crippen molar-refractivity contribution < 1.29 is 8.42 Å². The van der Waals surface area contributed by atoms with Gasteiger partial charge in [0, 0.05) is 12.5 Å². The lowest BCUT2D eigenvalue weighted by Crippen LogP contribution is -2.21. The van der Waals surface area contributed by atoms with Gasteiger partial charge < -0.3 is 5.32 Å². The molecule has 1 heterocycles. The molecule has 0 saturated heterocycles. The van der Waals surface area contributed by atoms with Crippen molar-refractivity contribution in [2.45, 2.75) is 27.2 Å². The fraction of sp³-hybridized carbons (Fsp3) is 0.571. The number of sulfone groups is 1. The minimum atomic E-state index is -3.12. The molecule has 0 aromatic carbocycles. The van der Waals surface area contributed by atoms with Gasteiger partial charge in [0.05, 0.1) is 10.7 Å². The maximum absolute atomic E-state index is 11.9. The summed E-state index contributed by atoms with van der Waals surface area (Å²) < 4.78 is 23.7. The Bertz CT molecular complexity index is 419. The van der Waals surface area contributed by atoms with Gasteiger partial charge in [0.25, 0.3) is 0 Å². The van der Waals surface area contributed by atoms with Crippen LogP contribution in [0, 0.1) is 5.92 Å². The second kappa shape index (κ2) is 8.27. The highest BCUT2D eigenvalue weighted by molar-refractivity contribution is 7.95. The zero-order valence-electron chi connectivity index (χ0n) is 11.9. The van der Waals surface area contributed by atoms with Crippen LogP contribution in [0.1, 0.15) is 27.2 Å². The fourth-order valence-electron chi connectivity index (χ4n) is 1.95. The van der Waals surface area contributed by atoms with Gasteiger partial charge in [-0.3, -0.25) is 0 Å². The van der Waals surface area contributed by atoms with Crippen LogP contribution in [0.3, 0.4) is 0 Å². The van der Waals surface area contributed by atoms with Crippen LogP contribution in [0.25, 0.3) is 0 Å². The summed E-state index contributed by atoms with van der Waals surface area (Å²) in [5.74, 6) is 0.240. The minimum Gasteiger partial charge on any atom is -0.319 e. The first kappa shape index (κ1) is 17.1. The van der Waals surface area contributed by atoms with Crippen molar-refractivity contribution in [3.63, 3.8) is 0 Å². The average molecular weight is 271 g/mol. The molecular weight excluding hydrogens is 246 g/mol. The van der Waals surface area contributed by atoms with Crippen LogP contribution in [-0.4, -0.2) is 27.8 Å². The zero-order valence-corrected chi connectivity index (χ0v) is 12.7. The van der Waals surface area contributed by atoms with Crippen LogP contribution in [0.2, 0.25) is 0 Å². The molecule has 0 radical (unpaired) electrons. The summed E-state index contributed by atoms with van der Waals surface area (Å²) >= 11 is 0. The molecule has 0 amide bonds. The van der Waals surface area contributed by atoms with E-state index in [0.29, 0.717) is 11.4 Å². The SMILES string of the molecule is C=CC1=C(/C=C\CC)C(CNC)CS1(=O)=O.CC. The lowest BCUT2D eigenvalue weighted by molar-refractivity contribution is 0.588. The number of hydrogen-bond donors (Lipinski definition) is 1. The van der Waals surface area contributed by atoms with Crippen molar-refractivity contribution in [1.29, 1.82) is 0 Å². The van der Waals surface area contributed by atoms with Crippen molar-refractivity contribution in [2.75, 3.05) is 19.3 Å². The topological polar surface area (TPSA) is 46.2 Å². The Kier molecular flexibility index (Phi) is 7.87. The summed E-state index contributed by atoms with van der Waals surface area (Å²) in [6, 6.07) is 0. The molecule has 1 N–H and O–H groups in total. The molecule has 0 spiro atoms. The predicted octanol–water partition coefficient (Wildman–Crippen LogP) is 2.68. The molecule has 18 heavy (non-hydrogen) atoms. The molecule has 1 aliphatic rings. The number of rotatable bonds is 5. The van der Waals surface area contributed by atoms with Crippen LogP contribution in [0.15, 0.2) is 35.3 Å². The standard InChI is InChI=1S/C12H19NO2S.C2H6/c1-4-6-7-11-10(8-13-3)9-16(14,15)12(11)5-2;1-2/h5-7,10,13H,2,4,8-9H2,1,3H3;1-2H3/b7-6-;. The minimum absolute atomic E-state index is 0.0470. The molecule has 0 bridgehead atoms. The van der Waals surface area contributed by atoms with E-state index in [2.05, 4.69) is 11.9 Å². The van der Waals surface area contributed by atoms with Gasteiger partial charge >= 0.3 is 0 Å². The molecule has 0 fully saturated rings. The first-order chi connectivity index (χ1) is 8.56. The highest BCUT2D eigenvalue weighted by atomic mass is 32.2. The second-order valence-corrected chi connectivity index (χ2v) is 5.87. The predicted molar refractivity (Wildman–Crippen MR) is 79.2 cm³/mol. The number of nitrogens with one attached hydrogen (secondary N) is 1. The Balaban J connectivity index is 0.00000137. The molecule has 0 aliphatic carbocycles. The summed E-state index contributed by atoms with van der Waals surface area (Å²) in [6.07, 6.45) is 6.27. The summed E-state index contributed by atoms with van der Waals surface area (Å²) in [7, 11) is -1.28. The normalized spacial score (nSPS) is 21.9. The Morgan fingerprint density at radius 2 is 2.06 bits per heavy atom. The van der Waals surface area contributed by atoms with Crippen LogP contribution in [-0.2, 0) is 9.84 Å². The Labute approximate surface area is 112 Å². The van der Waals surface area contributed by atoms with Gasteiger partial charge in [-0.15, -0.1) is 0 Å². The van der Waals surface area contributed by atoms with Crippen LogP contribution in [0.4, 0.5) is 0 Å². The Morgan fingerprint density at radius 1 is 1.44 bits per heavy atom. The number of allylic oxidation sites excluding steroid dienone is 3. The van der Waals surface area contributed by atoms with Crippen molar-refractivity contribution in [3.05, 3.63) is 35.3 Å². The quantitative estimate of drug-likeness (QED) is 0.836. The highest BCUT2D eigenvalue weighted by Gasteiger charge is 2.33. The van der Waals surface area contributed by atoms with Gasteiger partial charge in [0.1, 0.15) is 0 Å². The van der Waals surface area contributed by atoms with E-state index in [1.165, 1.54) is 6.08 Å². The lowest BCUT2D eigenvalue weighted by atomic mass is 10.00. The zero-order chi connectivity index (χ0) is 14.2. The molecule has 1 unspecified atom stereocenters. The molecule has 4 heteroatoms. The van der Waals surface area contributed by atoms with E-state index >= 15 is 0 Å². The monoisotopic (exact) mass is 271 g/mol. The van der Waals surface area contributed by atoms with E-state index in [1.54, 1.807) is 0 Å². The van der Waals surface area contributed by atoms with Gasteiger partial charge in [0.2, 0.25) is 0 Å². The highest BCUT2D eigenvalue weighted by Crippen LogP contribution is 2.32. The van der Waals surface area contributed by atoms with Crippen LogP contribution >= 0.6 is 0 Å². The largest absolute Gasteiger partial charge is 0.319 e. The molecule has 1 atom stereocenters. The van der Waals surface area contributed by atoms with Gasteiger partial charge in [0.15, 0.2) is 9.84 Å². The van der Waals surface area contributed by atoms with Crippen molar-refractivity contribution in [2.24, 2.45) is 5.92 Å². The molecule has 0 aromatic rings. The molecule has 3 nitrogen and oxygen atoms in total. The molecule has 1 rings (SSSR count). The molecular formula is C14H25NO2S. The van der Waals surface area contributed by atoms with Gasteiger partial charge in [-0.25, -0.2) is 8.42 Å². The van der Waals surface area contributed by atoms with Crippen LogP contribution < -0.4 is 5.32 Å². The van der Waals surface area contributed by atoms with Crippen LogP contribution in [0.5, 0.6) is 0 Å². The van der Waals surface area contributed by atoms with Crippen molar-refractivity contribution in [3.8, 4) is 0 Å². The summed E-state index contributed by atoms with van der Waals surface area (Å²) in [5, 5.41) is 3.03. The maximum atomic E-state index is 11.9. The molecule has 0 aromatic heterocycles. The Hall–Kier alpha value is -0.870.